The fraction of sp³-hybridized carbons (Fsp3) is 0.105. The third kappa shape index (κ3) is 2.83. The second kappa shape index (κ2) is 6.01. The van der Waals surface area contributed by atoms with Gasteiger partial charge in [-0.2, -0.15) is 0 Å². The molecule has 0 unspecified atom stereocenters. The first kappa shape index (κ1) is 14.9. The molecule has 0 spiro atoms. The molecule has 0 bridgehead atoms. The molecule has 0 fully saturated rings. The van der Waals surface area contributed by atoms with Gasteiger partial charge < -0.3 is 15.9 Å². The molecular weight excluding hydrogens is 288 g/mol. The Morgan fingerprint density at radius 2 is 1.39 bits per heavy atom. The summed E-state index contributed by atoms with van der Waals surface area (Å²) in [5, 5.41) is 19.0. The van der Waals surface area contributed by atoms with E-state index in [1.54, 1.807) is 30.5 Å². The minimum atomic E-state index is 0.216. The number of benzene rings is 2. The van der Waals surface area contributed by atoms with Crippen molar-refractivity contribution in [1.82, 2.24) is 4.98 Å². The Kier molecular flexibility index (Phi) is 3.89. The number of nitrogens with two attached hydrogens (primary N) is 1. The molecular formula is C19H18N2O2. The first-order chi connectivity index (χ1) is 11.1. The van der Waals surface area contributed by atoms with Gasteiger partial charge in [-0.1, -0.05) is 31.2 Å². The predicted molar refractivity (Wildman–Crippen MR) is 92.2 cm³/mol. The van der Waals surface area contributed by atoms with Crippen LogP contribution < -0.4 is 5.73 Å². The van der Waals surface area contributed by atoms with E-state index in [1.165, 1.54) is 0 Å². The van der Waals surface area contributed by atoms with Crippen molar-refractivity contribution in [1.29, 1.82) is 0 Å². The van der Waals surface area contributed by atoms with E-state index in [-0.39, 0.29) is 11.5 Å². The number of phenolic OH excluding ortho intramolecular Hbond substituents is 2. The highest BCUT2D eigenvalue weighted by molar-refractivity contribution is 5.84. The summed E-state index contributed by atoms with van der Waals surface area (Å²) >= 11 is 0. The summed E-state index contributed by atoms with van der Waals surface area (Å²) in [6.07, 6.45) is 2.56. The number of anilines is 1. The van der Waals surface area contributed by atoms with Crippen molar-refractivity contribution in [2.24, 2.45) is 0 Å². The van der Waals surface area contributed by atoms with E-state index < -0.39 is 0 Å². The van der Waals surface area contributed by atoms with Gasteiger partial charge in [-0.25, -0.2) is 4.98 Å². The molecule has 0 aliphatic rings. The van der Waals surface area contributed by atoms with E-state index in [1.807, 2.05) is 24.3 Å². The third-order valence-electron chi connectivity index (χ3n) is 3.90. The second-order valence-electron chi connectivity index (χ2n) is 5.36. The molecule has 0 aliphatic carbocycles. The van der Waals surface area contributed by atoms with E-state index in [0.717, 1.165) is 34.2 Å². The zero-order valence-corrected chi connectivity index (χ0v) is 12.8. The van der Waals surface area contributed by atoms with Crippen LogP contribution in [0.15, 0.2) is 54.7 Å². The van der Waals surface area contributed by atoms with Gasteiger partial charge in [-0.15, -0.1) is 0 Å². The van der Waals surface area contributed by atoms with E-state index in [2.05, 4.69) is 11.9 Å². The summed E-state index contributed by atoms with van der Waals surface area (Å²) in [4.78, 5) is 4.34. The average molecular weight is 306 g/mol. The molecule has 0 aliphatic heterocycles. The number of rotatable bonds is 3. The molecule has 0 radical (unpaired) electrons. The summed E-state index contributed by atoms with van der Waals surface area (Å²) in [6.45, 7) is 2.07. The molecule has 4 N–H and O–H groups in total. The summed E-state index contributed by atoms with van der Waals surface area (Å²) in [5.41, 5.74) is 11.0. The Bertz CT molecular complexity index is 825. The highest BCUT2D eigenvalue weighted by atomic mass is 16.3. The van der Waals surface area contributed by atoms with E-state index in [9.17, 15) is 10.2 Å². The van der Waals surface area contributed by atoms with Crippen LogP contribution in [0.4, 0.5) is 5.82 Å². The van der Waals surface area contributed by atoms with Crippen molar-refractivity contribution in [3.05, 3.63) is 60.3 Å². The Hall–Kier alpha value is -3.01. The number of hydrogen-bond donors (Lipinski definition) is 3. The van der Waals surface area contributed by atoms with Gasteiger partial charge in [0.2, 0.25) is 0 Å². The minimum absolute atomic E-state index is 0.216. The number of nitrogen functional groups attached to an aromatic ring is 1. The highest BCUT2D eigenvalue weighted by Crippen LogP contribution is 2.36. The third-order valence-corrected chi connectivity index (χ3v) is 3.90. The van der Waals surface area contributed by atoms with Crippen molar-refractivity contribution in [3.63, 3.8) is 0 Å². The summed E-state index contributed by atoms with van der Waals surface area (Å²) < 4.78 is 0. The van der Waals surface area contributed by atoms with Crippen LogP contribution in [0.1, 0.15) is 12.5 Å². The highest BCUT2D eigenvalue weighted by Gasteiger charge is 2.15. The smallest absolute Gasteiger partial charge is 0.131 e. The molecule has 3 rings (SSSR count). The lowest BCUT2D eigenvalue weighted by Gasteiger charge is -2.16. The maximum absolute atomic E-state index is 9.49. The summed E-state index contributed by atoms with van der Waals surface area (Å²) in [6, 6.07) is 14.0. The van der Waals surface area contributed by atoms with Crippen LogP contribution in [0, 0.1) is 0 Å². The normalized spacial score (nSPS) is 10.7. The van der Waals surface area contributed by atoms with E-state index >= 15 is 0 Å². The Balaban J connectivity index is 2.21. The van der Waals surface area contributed by atoms with Crippen molar-refractivity contribution in [3.8, 4) is 33.8 Å². The summed E-state index contributed by atoms with van der Waals surface area (Å²) in [7, 11) is 0. The molecule has 23 heavy (non-hydrogen) atoms. The SMILES string of the molecule is CCc1c(-c2ccc(O)cc2)cnc(N)c1-c1ccc(O)cc1. The Morgan fingerprint density at radius 1 is 0.870 bits per heavy atom. The van der Waals surface area contributed by atoms with E-state index in [4.69, 9.17) is 5.73 Å². The first-order valence-electron chi connectivity index (χ1n) is 7.46. The number of pyridine rings is 1. The molecule has 0 saturated heterocycles. The summed E-state index contributed by atoms with van der Waals surface area (Å²) in [5.74, 6) is 0.914. The predicted octanol–water partition coefficient (Wildman–Crippen LogP) is 3.97. The van der Waals surface area contributed by atoms with Gasteiger partial charge in [0.25, 0.3) is 0 Å². The number of phenols is 2. The average Bonchev–Trinajstić information content (AvgIpc) is 2.56. The second-order valence-corrected chi connectivity index (χ2v) is 5.36. The lowest BCUT2D eigenvalue weighted by molar-refractivity contribution is 0.475. The standard InChI is InChI=1S/C19H18N2O2/c1-2-16-17(12-3-7-14(22)8-4-12)11-21-19(20)18(16)13-5-9-15(23)10-6-13/h3-11,22-23H,2H2,1H3,(H2,20,21). The zero-order valence-electron chi connectivity index (χ0n) is 12.8. The topological polar surface area (TPSA) is 79.4 Å². The van der Waals surface area contributed by atoms with Crippen LogP contribution in [0.25, 0.3) is 22.3 Å². The molecule has 4 heteroatoms. The maximum atomic E-state index is 9.49. The number of aromatic nitrogens is 1. The molecule has 3 aromatic rings. The molecule has 1 aromatic heterocycles. The minimum Gasteiger partial charge on any atom is -0.508 e. The van der Waals surface area contributed by atoms with Crippen molar-refractivity contribution >= 4 is 5.82 Å². The molecule has 0 saturated carbocycles. The van der Waals surface area contributed by atoms with Gasteiger partial charge in [-0.3, -0.25) is 0 Å². The van der Waals surface area contributed by atoms with Gasteiger partial charge in [0.15, 0.2) is 0 Å². The van der Waals surface area contributed by atoms with Gasteiger partial charge in [0, 0.05) is 17.3 Å². The first-order valence-corrected chi connectivity index (χ1v) is 7.46. The quantitative estimate of drug-likeness (QED) is 0.684. The number of nitrogens with zero attached hydrogens (tertiary/aromatic N) is 1. The Morgan fingerprint density at radius 3 is 1.91 bits per heavy atom. The fourth-order valence-electron chi connectivity index (χ4n) is 2.77. The van der Waals surface area contributed by atoms with Crippen LogP contribution in [0.3, 0.4) is 0 Å². The maximum Gasteiger partial charge on any atom is 0.131 e. The van der Waals surface area contributed by atoms with Crippen molar-refractivity contribution in [2.45, 2.75) is 13.3 Å². The van der Waals surface area contributed by atoms with Crippen LogP contribution in [0.5, 0.6) is 11.5 Å². The molecule has 4 nitrogen and oxygen atoms in total. The molecule has 1 heterocycles. The molecule has 116 valence electrons. The molecule has 0 amide bonds. The number of hydrogen-bond acceptors (Lipinski definition) is 4. The lowest BCUT2D eigenvalue weighted by atomic mass is 9.92. The van der Waals surface area contributed by atoms with Crippen LogP contribution in [0.2, 0.25) is 0 Å². The lowest BCUT2D eigenvalue weighted by Crippen LogP contribution is -2.01. The zero-order chi connectivity index (χ0) is 16.4. The monoisotopic (exact) mass is 306 g/mol. The van der Waals surface area contributed by atoms with Crippen molar-refractivity contribution < 1.29 is 10.2 Å². The van der Waals surface area contributed by atoms with Crippen molar-refractivity contribution in [2.75, 3.05) is 5.73 Å². The molecule has 2 aromatic carbocycles. The number of aromatic hydroxyl groups is 2. The van der Waals surface area contributed by atoms with Crippen LogP contribution in [-0.2, 0) is 6.42 Å². The van der Waals surface area contributed by atoms with Gasteiger partial charge in [-0.05, 0) is 47.4 Å². The van der Waals surface area contributed by atoms with Gasteiger partial charge in [0.1, 0.15) is 17.3 Å². The van der Waals surface area contributed by atoms with Gasteiger partial charge in [0.05, 0.1) is 0 Å². The fourth-order valence-corrected chi connectivity index (χ4v) is 2.77. The van der Waals surface area contributed by atoms with Crippen LogP contribution in [-0.4, -0.2) is 15.2 Å². The van der Waals surface area contributed by atoms with E-state index in [0.29, 0.717) is 5.82 Å². The van der Waals surface area contributed by atoms with Crippen LogP contribution >= 0.6 is 0 Å². The Labute approximate surface area is 134 Å². The van der Waals surface area contributed by atoms with Gasteiger partial charge >= 0.3 is 0 Å². The molecule has 0 atom stereocenters. The largest absolute Gasteiger partial charge is 0.508 e.